The summed E-state index contributed by atoms with van der Waals surface area (Å²) in [6, 6.07) is 5.96. The van der Waals surface area contributed by atoms with Gasteiger partial charge in [-0.3, -0.25) is 10.00 Å². The van der Waals surface area contributed by atoms with Gasteiger partial charge in [0.25, 0.3) is 10.0 Å². The summed E-state index contributed by atoms with van der Waals surface area (Å²) in [5.74, 6) is -0.798. The number of ether oxygens (including phenoxy) is 1. The van der Waals surface area contributed by atoms with Gasteiger partial charge < -0.3 is 4.74 Å². The maximum atomic E-state index is 12.8. The first-order chi connectivity index (χ1) is 16.3. The van der Waals surface area contributed by atoms with E-state index in [1.54, 1.807) is 4.68 Å². The van der Waals surface area contributed by atoms with Crippen LogP contribution in [0.2, 0.25) is 5.02 Å². The third-order valence-corrected chi connectivity index (χ3v) is 6.92. The molecule has 176 valence electrons. The third kappa shape index (κ3) is 4.20. The topological polar surface area (TPSA) is 161 Å². The van der Waals surface area contributed by atoms with E-state index in [0.29, 0.717) is 11.6 Å². The van der Waals surface area contributed by atoms with Gasteiger partial charge in [0.1, 0.15) is 21.6 Å². The number of esters is 1. The summed E-state index contributed by atoms with van der Waals surface area (Å²) >= 11 is 6.49. The minimum Gasteiger partial charge on any atom is -0.465 e. The van der Waals surface area contributed by atoms with Gasteiger partial charge in [0, 0.05) is 6.54 Å². The standard InChI is InChI=1S/C20H18ClN7O5S/c1-33-19(29)13-6-2-3-8-15(13)34(31,32)26-20(30)24-17-12(10-22)11-23-28(17)18-16(21)14-7-4-5-9-27(14)25-18/h2-3,6,8,11H,4-5,7,9H2,1H3,(H2,24,26,30). The van der Waals surface area contributed by atoms with E-state index in [1.165, 1.54) is 29.1 Å². The summed E-state index contributed by atoms with van der Waals surface area (Å²) in [6.45, 7) is 0.669. The Hall–Kier alpha value is -3.89. The van der Waals surface area contributed by atoms with Crippen LogP contribution in [0.1, 0.15) is 34.5 Å². The van der Waals surface area contributed by atoms with Gasteiger partial charge in [-0.15, -0.1) is 0 Å². The fourth-order valence-electron chi connectivity index (χ4n) is 3.57. The number of sulfonamides is 1. The maximum Gasteiger partial charge on any atom is 0.339 e. The lowest BCUT2D eigenvalue weighted by atomic mass is 10.1. The number of nitrogens with zero attached hydrogens (tertiary/aromatic N) is 5. The van der Waals surface area contributed by atoms with Crippen molar-refractivity contribution in [2.24, 2.45) is 0 Å². The van der Waals surface area contributed by atoms with Crippen molar-refractivity contribution in [3.63, 3.8) is 0 Å². The average Bonchev–Trinajstić information content (AvgIpc) is 3.38. The van der Waals surface area contributed by atoms with Crippen molar-refractivity contribution in [1.82, 2.24) is 24.3 Å². The lowest BCUT2D eigenvalue weighted by molar-refractivity contribution is 0.0596. The van der Waals surface area contributed by atoms with E-state index in [4.69, 9.17) is 11.6 Å². The molecule has 14 heteroatoms. The van der Waals surface area contributed by atoms with Gasteiger partial charge in [0.15, 0.2) is 11.6 Å². The zero-order chi connectivity index (χ0) is 24.5. The van der Waals surface area contributed by atoms with Crippen LogP contribution in [0, 0.1) is 11.3 Å². The van der Waals surface area contributed by atoms with Gasteiger partial charge in [-0.1, -0.05) is 23.7 Å². The number of benzene rings is 1. The zero-order valence-electron chi connectivity index (χ0n) is 17.8. The van der Waals surface area contributed by atoms with Crippen molar-refractivity contribution in [3.05, 3.63) is 52.3 Å². The van der Waals surface area contributed by atoms with E-state index in [9.17, 15) is 23.3 Å². The summed E-state index contributed by atoms with van der Waals surface area (Å²) in [5, 5.41) is 20.6. The highest BCUT2D eigenvalue weighted by atomic mass is 35.5. The predicted molar refractivity (Wildman–Crippen MR) is 119 cm³/mol. The fraction of sp³-hybridized carbons (Fsp3) is 0.250. The smallest absolute Gasteiger partial charge is 0.339 e. The summed E-state index contributed by atoms with van der Waals surface area (Å²) in [7, 11) is -3.37. The second-order valence-electron chi connectivity index (χ2n) is 7.24. The number of aryl methyl sites for hydroxylation is 1. The molecule has 3 aromatic rings. The second kappa shape index (κ2) is 9.16. The molecule has 4 rings (SSSR count). The van der Waals surface area contributed by atoms with Crippen LogP contribution in [0.15, 0.2) is 35.4 Å². The quantitative estimate of drug-likeness (QED) is 0.501. The number of hydrogen-bond donors (Lipinski definition) is 2. The Morgan fingerprint density at radius 1 is 1.26 bits per heavy atom. The van der Waals surface area contributed by atoms with E-state index in [0.717, 1.165) is 38.1 Å². The van der Waals surface area contributed by atoms with Crippen molar-refractivity contribution in [2.45, 2.75) is 30.7 Å². The number of methoxy groups -OCH3 is 1. The maximum absolute atomic E-state index is 12.8. The fourth-order valence-corrected chi connectivity index (χ4v) is 4.99. The minimum atomic E-state index is -4.48. The Labute approximate surface area is 199 Å². The predicted octanol–water partition coefficient (Wildman–Crippen LogP) is 2.23. The number of halogens is 1. The minimum absolute atomic E-state index is 0.0375. The molecule has 0 aliphatic carbocycles. The van der Waals surface area contributed by atoms with Crippen molar-refractivity contribution >= 4 is 39.4 Å². The van der Waals surface area contributed by atoms with Crippen LogP contribution >= 0.6 is 11.6 Å². The number of amides is 2. The second-order valence-corrected chi connectivity index (χ2v) is 9.27. The van der Waals surface area contributed by atoms with Crippen molar-refractivity contribution in [1.29, 1.82) is 5.26 Å². The van der Waals surface area contributed by atoms with E-state index >= 15 is 0 Å². The number of anilines is 1. The normalized spacial score (nSPS) is 13.0. The summed E-state index contributed by atoms with van der Waals surface area (Å²) in [5.41, 5.74) is 0.530. The lowest BCUT2D eigenvalue weighted by Crippen LogP contribution is -2.36. The van der Waals surface area contributed by atoms with Crippen molar-refractivity contribution < 1.29 is 22.7 Å². The number of nitrogens with one attached hydrogen (secondary N) is 2. The molecule has 2 aromatic heterocycles. The van der Waals surface area contributed by atoms with Gasteiger partial charge in [0.2, 0.25) is 0 Å². The molecule has 34 heavy (non-hydrogen) atoms. The molecule has 0 radical (unpaired) electrons. The highest BCUT2D eigenvalue weighted by Gasteiger charge is 2.27. The SMILES string of the molecule is COC(=O)c1ccccc1S(=O)(=O)NC(=O)Nc1c(C#N)cnn1-c1nn2c(c1Cl)CCCC2. The summed E-state index contributed by atoms with van der Waals surface area (Å²) in [4.78, 5) is 24.1. The van der Waals surface area contributed by atoms with E-state index in [1.807, 2.05) is 10.8 Å². The highest BCUT2D eigenvalue weighted by Crippen LogP contribution is 2.31. The van der Waals surface area contributed by atoms with E-state index < -0.39 is 26.9 Å². The largest absolute Gasteiger partial charge is 0.465 e. The van der Waals surface area contributed by atoms with Crippen LogP contribution in [0.4, 0.5) is 10.6 Å². The molecule has 1 aliphatic heterocycles. The Morgan fingerprint density at radius 2 is 2.03 bits per heavy atom. The number of nitriles is 1. The number of carbonyl (C=O) groups excluding carboxylic acids is 2. The molecule has 1 aliphatic rings. The molecule has 2 N–H and O–H groups in total. The first kappa shape index (κ1) is 23.3. The van der Waals surface area contributed by atoms with Crippen LogP contribution in [-0.2, 0) is 27.7 Å². The lowest BCUT2D eigenvalue weighted by Gasteiger charge is -2.12. The molecule has 0 spiro atoms. The van der Waals surface area contributed by atoms with Crippen LogP contribution in [0.25, 0.3) is 5.82 Å². The van der Waals surface area contributed by atoms with Gasteiger partial charge in [-0.25, -0.2) is 22.7 Å². The number of hydrogen-bond acceptors (Lipinski definition) is 8. The first-order valence-electron chi connectivity index (χ1n) is 10.0. The van der Waals surface area contributed by atoms with Gasteiger partial charge in [-0.2, -0.15) is 20.1 Å². The van der Waals surface area contributed by atoms with Crippen LogP contribution in [0.5, 0.6) is 0 Å². The molecule has 0 bridgehead atoms. The Morgan fingerprint density at radius 3 is 2.74 bits per heavy atom. The van der Waals surface area contributed by atoms with Crippen molar-refractivity contribution in [3.8, 4) is 11.9 Å². The third-order valence-electron chi connectivity index (χ3n) is 5.14. The monoisotopic (exact) mass is 503 g/mol. The summed E-state index contributed by atoms with van der Waals surface area (Å²) in [6.07, 6.45) is 3.81. The molecule has 1 aromatic carbocycles. The number of aromatic nitrogens is 4. The Kier molecular flexibility index (Phi) is 6.27. The van der Waals surface area contributed by atoms with Gasteiger partial charge in [0.05, 0.1) is 24.6 Å². The molecule has 2 amide bonds. The van der Waals surface area contributed by atoms with E-state index in [-0.39, 0.29) is 22.8 Å². The molecule has 0 saturated heterocycles. The number of carbonyl (C=O) groups is 2. The van der Waals surface area contributed by atoms with Crippen LogP contribution in [-0.4, -0.2) is 47.1 Å². The van der Waals surface area contributed by atoms with Gasteiger partial charge in [-0.05, 0) is 31.4 Å². The average molecular weight is 504 g/mol. The molecule has 12 nitrogen and oxygen atoms in total. The van der Waals surface area contributed by atoms with Crippen LogP contribution < -0.4 is 10.0 Å². The highest BCUT2D eigenvalue weighted by molar-refractivity contribution is 7.90. The molecule has 0 atom stereocenters. The molecule has 0 saturated carbocycles. The van der Waals surface area contributed by atoms with E-state index in [2.05, 4.69) is 20.3 Å². The van der Waals surface area contributed by atoms with Crippen LogP contribution in [0.3, 0.4) is 0 Å². The molecule has 3 heterocycles. The molecular weight excluding hydrogens is 486 g/mol. The zero-order valence-corrected chi connectivity index (χ0v) is 19.4. The van der Waals surface area contributed by atoms with Gasteiger partial charge >= 0.3 is 12.0 Å². The van der Waals surface area contributed by atoms with Crippen molar-refractivity contribution in [2.75, 3.05) is 12.4 Å². The number of fused-ring (bicyclic) bond motifs is 1. The summed E-state index contributed by atoms with van der Waals surface area (Å²) < 4.78 is 35.0. The Bertz CT molecular complexity index is 1440. The number of rotatable bonds is 5. The first-order valence-corrected chi connectivity index (χ1v) is 11.9. The molecular formula is C20H18ClN7O5S. The molecule has 0 unspecified atom stereocenters. The Balaban J connectivity index is 1.64. The molecule has 0 fully saturated rings. The number of urea groups is 1.